The molecule has 0 aliphatic carbocycles. The van der Waals surface area contributed by atoms with Gasteiger partial charge in [-0.2, -0.15) is 5.32 Å². The average molecular weight is 241 g/mol. The molecule has 1 aromatic carbocycles. The first-order valence-electron chi connectivity index (χ1n) is 6.41. The zero-order chi connectivity index (χ0) is 12.9. The lowest BCUT2D eigenvalue weighted by Crippen LogP contribution is -2.32. The van der Waals surface area contributed by atoms with Crippen molar-refractivity contribution in [2.75, 3.05) is 12.0 Å². The van der Waals surface area contributed by atoms with E-state index < -0.39 is 0 Å². The highest BCUT2D eigenvalue weighted by molar-refractivity contribution is 5.94. The van der Waals surface area contributed by atoms with E-state index in [0.717, 1.165) is 22.1 Å². The highest BCUT2D eigenvalue weighted by Crippen LogP contribution is 2.38. The summed E-state index contributed by atoms with van der Waals surface area (Å²) in [5.74, 6) is 0.782. The predicted molar refractivity (Wildman–Crippen MR) is 72.5 cm³/mol. The molecule has 0 fully saturated rings. The summed E-state index contributed by atoms with van der Waals surface area (Å²) < 4.78 is 0. The van der Waals surface area contributed by atoms with Crippen LogP contribution >= 0.6 is 0 Å². The summed E-state index contributed by atoms with van der Waals surface area (Å²) in [5.41, 5.74) is 4.50. The predicted octanol–water partition coefficient (Wildman–Crippen LogP) is 2.11. The fraction of sp³-hybridized carbons (Fsp3) is 0.500. The highest BCUT2D eigenvalue weighted by Gasteiger charge is 2.34. The minimum Gasteiger partial charge on any atom is -0.258 e. The number of aliphatic imine (C=N–C) groups is 1. The van der Waals surface area contributed by atoms with Gasteiger partial charge in [-0.1, -0.05) is 27.7 Å². The summed E-state index contributed by atoms with van der Waals surface area (Å²) in [5, 5.41) is 5.25. The molecule has 3 rings (SSSR count). The van der Waals surface area contributed by atoms with Crippen LogP contribution in [0.4, 0.5) is 11.4 Å². The van der Waals surface area contributed by atoms with Crippen molar-refractivity contribution in [2.24, 2.45) is 15.0 Å². The van der Waals surface area contributed by atoms with Gasteiger partial charge in [-0.05, 0) is 16.8 Å². The maximum atomic E-state index is 4.56. The molecule has 4 heteroatoms. The maximum Gasteiger partial charge on any atom is 0.254 e. The second kappa shape index (κ2) is 3.85. The van der Waals surface area contributed by atoms with Gasteiger partial charge in [0.25, 0.3) is 12.0 Å². The van der Waals surface area contributed by atoms with E-state index in [1.165, 1.54) is 11.1 Å². The van der Waals surface area contributed by atoms with Crippen LogP contribution in [0.15, 0.2) is 15.0 Å². The third-order valence-electron chi connectivity index (χ3n) is 3.46. The van der Waals surface area contributed by atoms with Crippen LogP contribution in [0.3, 0.4) is 0 Å². The van der Waals surface area contributed by atoms with Crippen LogP contribution in [0, 0.1) is 0 Å². The molecule has 0 unspecified atom stereocenters. The van der Waals surface area contributed by atoms with Crippen molar-refractivity contribution in [3.05, 3.63) is 21.8 Å². The molecule has 1 aromatic rings. The number of nitrogens with zero attached hydrogens (tertiary/aromatic N) is 3. The van der Waals surface area contributed by atoms with Crippen molar-refractivity contribution in [3.63, 3.8) is 0 Å². The summed E-state index contributed by atoms with van der Waals surface area (Å²) in [6, 6.07) is 0. The van der Waals surface area contributed by atoms with E-state index in [1.54, 1.807) is 0 Å². The molecule has 92 valence electrons. The number of fused-ring (bicyclic) bond motifs is 2. The van der Waals surface area contributed by atoms with E-state index in [0.29, 0.717) is 18.5 Å². The van der Waals surface area contributed by atoms with Gasteiger partial charge in [0, 0.05) is 0 Å². The highest BCUT2D eigenvalue weighted by atomic mass is 15.0. The molecule has 1 N–H and O–H groups in total. The molecule has 0 amide bonds. The monoisotopic (exact) mass is 241 g/mol. The zero-order valence-corrected chi connectivity index (χ0v) is 11.2. The van der Waals surface area contributed by atoms with Crippen LogP contribution < -0.4 is 16.0 Å². The molecular formula is C14H17N4+. The third-order valence-corrected chi connectivity index (χ3v) is 3.46. The van der Waals surface area contributed by atoms with Crippen molar-refractivity contribution in [2.45, 2.75) is 39.5 Å². The minimum atomic E-state index is 0.385. The van der Waals surface area contributed by atoms with Crippen molar-refractivity contribution >= 4 is 17.7 Å². The minimum absolute atomic E-state index is 0.385. The van der Waals surface area contributed by atoms with Crippen LogP contribution in [-0.4, -0.2) is 13.0 Å². The molecule has 0 radical (unpaired) electrons. The third kappa shape index (κ3) is 1.39. The quantitative estimate of drug-likeness (QED) is 0.792. The van der Waals surface area contributed by atoms with Crippen LogP contribution in [0.25, 0.3) is 0 Å². The Morgan fingerprint density at radius 2 is 1.61 bits per heavy atom. The smallest absolute Gasteiger partial charge is 0.254 e. The SMILES string of the molecule is CC(C)c1c2c(c(C(C)C)c3c1=NCN=3)N[C+]=N2. The lowest BCUT2D eigenvalue weighted by molar-refractivity contribution is 0.825. The average Bonchev–Trinajstić information content (AvgIpc) is 2.91. The van der Waals surface area contributed by atoms with Crippen LogP contribution in [0.5, 0.6) is 0 Å². The van der Waals surface area contributed by atoms with Crippen molar-refractivity contribution in [1.29, 1.82) is 0 Å². The number of anilines is 1. The van der Waals surface area contributed by atoms with Crippen LogP contribution in [0.2, 0.25) is 0 Å². The lowest BCUT2D eigenvalue weighted by atomic mass is 9.92. The Morgan fingerprint density at radius 1 is 1.00 bits per heavy atom. The first-order chi connectivity index (χ1) is 8.61. The summed E-state index contributed by atoms with van der Waals surface area (Å²) in [4.78, 5) is 13.5. The van der Waals surface area contributed by atoms with Gasteiger partial charge in [-0.15, -0.1) is 0 Å². The standard InChI is InChI=1S/C14H17N4/c1-7(2)9-11-13(17-5-15-11)10(8(3)4)14-12(9)16-6-18-14/h7-8H,5H2,1-4H3,(H,16,18)/q+1. The Kier molecular flexibility index (Phi) is 2.42. The number of benzene rings is 1. The number of rotatable bonds is 2. The first kappa shape index (κ1) is 11.3. The van der Waals surface area contributed by atoms with Gasteiger partial charge < -0.3 is 0 Å². The molecule has 0 bridgehead atoms. The van der Waals surface area contributed by atoms with E-state index in [9.17, 15) is 0 Å². The Morgan fingerprint density at radius 3 is 2.22 bits per heavy atom. The lowest BCUT2D eigenvalue weighted by Gasteiger charge is -2.09. The van der Waals surface area contributed by atoms with E-state index in [2.05, 4.69) is 54.3 Å². The zero-order valence-electron chi connectivity index (χ0n) is 11.2. The Labute approximate surface area is 107 Å². The largest absolute Gasteiger partial charge is 0.258 e. The van der Waals surface area contributed by atoms with Gasteiger partial charge in [-0.25, -0.2) is 0 Å². The van der Waals surface area contributed by atoms with E-state index in [-0.39, 0.29) is 0 Å². The van der Waals surface area contributed by atoms with E-state index >= 15 is 0 Å². The molecule has 0 saturated heterocycles. The van der Waals surface area contributed by atoms with Gasteiger partial charge in [0.1, 0.15) is 17.4 Å². The van der Waals surface area contributed by atoms with Gasteiger partial charge in [0.2, 0.25) is 5.69 Å². The number of hydrogen-bond donors (Lipinski definition) is 1. The molecule has 4 nitrogen and oxygen atoms in total. The topological polar surface area (TPSA) is 49.1 Å². The molecule has 2 aliphatic rings. The molecule has 0 atom stereocenters. The number of nitrogens with one attached hydrogen (secondary N) is 1. The van der Waals surface area contributed by atoms with Crippen molar-refractivity contribution in [3.8, 4) is 0 Å². The normalized spacial score (nSPS) is 15.0. The van der Waals surface area contributed by atoms with Crippen molar-refractivity contribution in [1.82, 2.24) is 0 Å². The van der Waals surface area contributed by atoms with Gasteiger partial charge in [-0.3, -0.25) is 9.98 Å². The van der Waals surface area contributed by atoms with E-state index in [1.807, 2.05) is 0 Å². The van der Waals surface area contributed by atoms with Crippen LogP contribution in [0.1, 0.15) is 50.7 Å². The van der Waals surface area contributed by atoms with Gasteiger partial charge in [0.05, 0.1) is 11.1 Å². The maximum absolute atomic E-state index is 4.56. The fourth-order valence-electron chi connectivity index (χ4n) is 2.74. The van der Waals surface area contributed by atoms with Gasteiger partial charge in [0.15, 0.2) is 0 Å². The van der Waals surface area contributed by atoms with Gasteiger partial charge >= 0.3 is 0 Å². The molecule has 0 aromatic heterocycles. The molecule has 18 heavy (non-hydrogen) atoms. The summed E-state index contributed by atoms with van der Waals surface area (Å²) >= 11 is 0. The first-order valence-corrected chi connectivity index (χ1v) is 6.41. The Balaban J connectivity index is 2.48. The Bertz CT molecular complexity index is 654. The van der Waals surface area contributed by atoms with Crippen molar-refractivity contribution < 1.29 is 0 Å². The second-order valence-corrected chi connectivity index (χ2v) is 5.36. The summed E-state index contributed by atoms with van der Waals surface area (Å²) in [6.07, 6.45) is 2.87. The summed E-state index contributed by atoms with van der Waals surface area (Å²) in [7, 11) is 0. The fourth-order valence-corrected chi connectivity index (χ4v) is 2.74. The molecule has 0 saturated carbocycles. The summed E-state index contributed by atoms with van der Waals surface area (Å²) in [6.45, 7) is 9.25. The number of hydrogen-bond acceptors (Lipinski definition) is 4. The molecule has 2 aliphatic heterocycles. The molecule has 0 spiro atoms. The second-order valence-electron chi connectivity index (χ2n) is 5.36. The molecule has 2 heterocycles. The van der Waals surface area contributed by atoms with E-state index in [4.69, 9.17) is 0 Å². The Hall–Kier alpha value is -1.80. The van der Waals surface area contributed by atoms with Crippen LogP contribution in [-0.2, 0) is 0 Å². The molecular weight excluding hydrogens is 224 g/mol.